The number of rotatable bonds is 8. The van der Waals surface area contributed by atoms with Gasteiger partial charge in [-0.05, 0) is 48.3 Å². The highest BCUT2D eigenvalue weighted by Gasteiger charge is 2.25. The van der Waals surface area contributed by atoms with E-state index in [0.717, 1.165) is 11.3 Å². The quantitative estimate of drug-likeness (QED) is 0.593. The van der Waals surface area contributed by atoms with Crippen LogP contribution in [0.1, 0.15) is 22.3 Å². The number of carbonyl (C=O) groups is 2. The van der Waals surface area contributed by atoms with E-state index < -0.39 is 11.9 Å². The number of hydrogen-bond acceptors (Lipinski definition) is 3. The monoisotopic (exact) mass is 458 g/mol. The zero-order valence-electron chi connectivity index (χ0n) is 15.5. The second-order valence-corrected chi connectivity index (χ2v) is 8.45. The lowest BCUT2D eigenvalue weighted by molar-refractivity contribution is -0.132. The van der Waals surface area contributed by atoms with Crippen LogP contribution in [0.5, 0.6) is 0 Å². The van der Waals surface area contributed by atoms with Crippen molar-refractivity contribution in [1.29, 1.82) is 0 Å². The lowest BCUT2D eigenvalue weighted by Crippen LogP contribution is -2.47. The largest absolute Gasteiger partial charge is 0.340 e. The molecule has 0 saturated heterocycles. The summed E-state index contributed by atoms with van der Waals surface area (Å²) in [4.78, 5) is 27.2. The summed E-state index contributed by atoms with van der Waals surface area (Å²) in [5.41, 5.74) is 1.12. The molecule has 1 atom stereocenters. The summed E-state index contributed by atoms with van der Waals surface area (Å²) < 4.78 is 0. The number of benzene rings is 2. The fourth-order valence-corrected chi connectivity index (χ4v) is 3.79. The Morgan fingerprint density at radius 1 is 1.11 bits per heavy atom. The third-order valence-corrected chi connectivity index (χ3v) is 5.69. The third-order valence-electron chi connectivity index (χ3n) is 4.13. The van der Waals surface area contributed by atoms with Gasteiger partial charge in [-0.25, -0.2) is 0 Å². The minimum Gasteiger partial charge on any atom is -0.340 e. The van der Waals surface area contributed by atoms with E-state index in [-0.39, 0.29) is 16.5 Å². The summed E-state index contributed by atoms with van der Waals surface area (Å²) in [5, 5.41) is 4.08. The van der Waals surface area contributed by atoms with E-state index in [4.69, 9.17) is 34.8 Å². The number of thioether (sulfide) groups is 1. The summed E-state index contributed by atoms with van der Waals surface area (Å²) in [6.45, 7) is 0.353. The van der Waals surface area contributed by atoms with Crippen LogP contribution in [0, 0.1) is 0 Å². The van der Waals surface area contributed by atoms with Crippen LogP contribution in [0.4, 0.5) is 0 Å². The van der Waals surface area contributed by atoms with E-state index in [2.05, 4.69) is 5.32 Å². The van der Waals surface area contributed by atoms with Gasteiger partial charge in [0, 0.05) is 23.6 Å². The Hall–Kier alpha value is -1.40. The molecule has 0 aliphatic rings. The third kappa shape index (κ3) is 6.31. The summed E-state index contributed by atoms with van der Waals surface area (Å²) in [6.07, 6.45) is 2.46. The van der Waals surface area contributed by atoms with Crippen molar-refractivity contribution in [3.8, 4) is 0 Å². The van der Waals surface area contributed by atoms with Crippen molar-refractivity contribution in [3.63, 3.8) is 0 Å². The van der Waals surface area contributed by atoms with E-state index in [1.807, 2.05) is 24.5 Å². The second kappa shape index (κ2) is 11.0. The molecule has 0 fully saturated rings. The van der Waals surface area contributed by atoms with Gasteiger partial charge in [0.05, 0.1) is 10.6 Å². The van der Waals surface area contributed by atoms with Crippen LogP contribution in [0.2, 0.25) is 15.1 Å². The first kappa shape index (κ1) is 22.9. The zero-order chi connectivity index (χ0) is 20.7. The molecule has 1 N–H and O–H groups in total. The highest BCUT2D eigenvalue weighted by molar-refractivity contribution is 7.98. The number of amides is 2. The molecular weight excluding hydrogens is 439 g/mol. The standard InChI is InChI=1S/C20H21Cl3N2O2S/c1-25(12-13-5-3-4-6-16(13)22)20(27)18(9-10-28-2)24-19(26)15-8-7-14(21)11-17(15)23/h3-8,11,18H,9-10,12H2,1-2H3,(H,24,26). The Labute approximate surface area is 184 Å². The van der Waals surface area contributed by atoms with Gasteiger partial charge in [-0.15, -0.1) is 0 Å². The van der Waals surface area contributed by atoms with E-state index in [9.17, 15) is 9.59 Å². The minimum atomic E-state index is -0.667. The van der Waals surface area contributed by atoms with Crippen LogP contribution in [-0.2, 0) is 11.3 Å². The Balaban J connectivity index is 2.13. The van der Waals surface area contributed by atoms with Gasteiger partial charge in [-0.1, -0.05) is 53.0 Å². The Morgan fingerprint density at radius 3 is 2.46 bits per heavy atom. The number of halogens is 3. The van der Waals surface area contributed by atoms with Crippen LogP contribution in [-0.4, -0.2) is 41.8 Å². The number of likely N-dealkylation sites (N-methyl/N-ethyl adjacent to an activating group) is 1. The molecule has 4 nitrogen and oxygen atoms in total. The van der Waals surface area contributed by atoms with Crippen molar-refractivity contribution in [2.45, 2.75) is 19.0 Å². The van der Waals surface area contributed by atoms with Crippen LogP contribution >= 0.6 is 46.6 Å². The predicted molar refractivity (Wildman–Crippen MR) is 119 cm³/mol. The molecule has 2 aromatic carbocycles. The number of carbonyl (C=O) groups excluding carboxylic acids is 2. The lowest BCUT2D eigenvalue weighted by atomic mass is 10.1. The van der Waals surface area contributed by atoms with Crippen LogP contribution in [0.25, 0.3) is 0 Å². The molecule has 2 rings (SSSR count). The summed E-state index contributed by atoms with van der Waals surface area (Å²) in [5.74, 6) is 0.130. The molecule has 8 heteroatoms. The molecule has 150 valence electrons. The van der Waals surface area contributed by atoms with Gasteiger partial charge in [0.1, 0.15) is 6.04 Å². The van der Waals surface area contributed by atoms with Crippen molar-refractivity contribution >= 4 is 58.4 Å². The van der Waals surface area contributed by atoms with E-state index in [1.165, 1.54) is 6.07 Å². The van der Waals surface area contributed by atoms with Gasteiger partial charge in [-0.2, -0.15) is 11.8 Å². The van der Waals surface area contributed by atoms with Crippen LogP contribution in [0.15, 0.2) is 42.5 Å². The van der Waals surface area contributed by atoms with Gasteiger partial charge in [-0.3, -0.25) is 9.59 Å². The predicted octanol–water partition coefficient (Wildman–Crippen LogP) is 5.16. The molecule has 0 saturated carbocycles. The smallest absolute Gasteiger partial charge is 0.253 e. The second-order valence-electron chi connectivity index (χ2n) is 6.22. The molecule has 28 heavy (non-hydrogen) atoms. The van der Waals surface area contributed by atoms with E-state index >= 15 is 0 Å². The molecule has 0 heterocycles. The minimum absolute atomic E-state index is 0.188. The molecule has 0 radical (unpaired) electrons. The van der Waals surface area contributed by atoms with Gasteiger partial charge < -0.3 is 10.2 Å². The average molecular weight is 460 g/mol. The number of hydrogen-bond donors (Lipinski definition) is 1. The molecule has 0 aliphatic heterocycles. The van der Waals surface area contributed by atoms with Gasteiger partial charge in [0.2, 0.25) is 5.91 Å². The summed E-state index contributed by atoms with van der Waals surface area (Å²) in [7, 11) is 1.69. The Morgan fingerprint density at radius 2 is 1.82 bits per heavy atom. The molecule has 0 aromatic heterocycles. The maximum Gasteiger partial charge on any atom is 0.253 e. The molecule has 1 unspecified atom stereocenters. The molecule has 2 aromatic rings. The Bertz CT molecular complexity index is 848. The van der Waals surface area contributed by atoms with E-state index in [1.54, 1.807) is 41.9 Å². The molecular formula is C20H21Cl3N2O2S. The highest BCUT2D eigenvalue weighted by Crippen LogP contribution is 2.21. The molecule has 0 spiro atoms. The van der Waals surface area contributed by atoms with Crippen LogP contribution < -0.4 is 5.32 Å². The van der Waals surface area contributed by atoms with E-state index in [0.29, 0.717) is 23.0 Å². The first-order valence-electron chi connectivity index (χ1n) is 8.56. The molecule has 2 amide bonds. The van der Waals surface area contributed by atoms with Crippen molar-refractivity contribution in [2.75, 3.05) is 19.1 Å². The first-order valence-corrected chi connectivity index (χ1v) is 11.1. The van der Waals surface area contributed by atoms with Crippen molar-refractivity contribution in [2.24, 2.45) is 0 Å². The maximum atomic E-state index is 13.0. The molecule has 0 bridgehead atoms. The SMILES string of the molecule is CSCCC(NC(=O)c1ccc(Cl)cc1Cl)C(=O)N(C)Cc1ccccc1Cl. The van der Waals surface area contributed by atoms with Crippen LogP contribution in [0.3, 0.4) is 0 Å². The highest BCUT2D eigenvalue weighted by atomic mass is 35.5. The van der Waals surface area contributed by atoms with Crippen molar-refractivity contribution in [1.82, 2.24) is 10.2 Å². The maximum absolute atomic E-state index is 13.0. The number of nitrogens with one attached hydrogen (secondary N) is 1. The summed E-state index contributed by atoms with van der Waals surface area (Å²) in [6, 6.07) is 11.3. The normalized spacial score (nSPS) is 11.8. The Kier molecular flexibility index (Phi) is 8.96. The van der Waals surface area contributed by atoms with Gasteiger partial charge in [0.25, 0.3) is 5.91 Å². The van der Waals surface area contributed by atoms with Crippen molar-refractivity contribution < 1.29 is 9.59 Å². The zero-order valence-corrected chi connectivity index (χ0v) is 18.6. The van der Waals surface area contributed by atoms with Gasteiger partial charge >= 0.3 is 0 Å². The molecule has 0 aliphatic carbocycles. The fourth-order valence-electron chi connectivity index (χ4n) is 2.63. The number of nitrogens with zero attached hydrogens (tertiary/aromatic N) is 1. The van der Waals surface area contributed by atoms with Crippen molar-refractivity contribution in [3.05, 3.63) is 68.7 Å². The summed E-state index contributed by atoms with van der Waals surface area (Å²) >= 11 is 19.8. The topological polar surface area (TPSA) is 49.4 Å². The van der Waals surface area contributed by atoms with Gasteiger partial charge in [0.15, 0.2) is 0 Å². The fraction of sp³-hybridized carbons (Fsp3) is 0.300. The first-order chi connectivity index (χ1) is 13.3. The lowest BCUT2D eigenvalue weighted by Gasteiger charge is -2.25. The average Bonchev–Trinajstić information content (AvgIpc) is 2.66.